The molecule has 0 saturated heterocycles. The van der Waals surface area contributed by atoms with Gasteiger partial charge in [0.05, 0.1) is 4.92 Å². The van der Waals surface area contributed by atoms with Crippen LogP contribution in [0.4, 0.5) is 17.1 Å². The number of rotatable bonds is 3. The minimum absolute atomic E-state index is 0.0390. The summed E-state index contributed by atoms with van der Waals surface area (Å²) in [7, 11) is 0. The van der Waals surface area contributed by atoms with E-state index >= 15 is 0 Å². The molecule has 0 radical (unpaired) electrons. The lowest BCUT2D eigenvalue weighted by Crippen LogP contribution is -2.23. The Kier molecular flexibility index (Phi) is 3.60. The van der Waals surface area contributed by atoms with E-state index < -0.39 is 0 Å². The van der Waals surface area contributed by atoms with E-state index in [4.69, 9.17) is 0 Å². The van der Waals surface area contributed by atoms with Gasteiger partial charge in [0.25, 0.3) is 5.69 Å². The minimum Gasteiger partial charge on any atom is -0.376 e. The molecule has 1 amide bonds. The summed E-state index contributed by atoms with van der Waals surface area (Å²) in [5.41, 5.74) is 2.08. The Hall–Kier alpha value is -2.37. The summed E-state index contributed by atoms with van der Waals surface area (Å²) in [6.45, 7) is 0. The van der Waals surface area contributed by atoms with Crippen molar-refractivity contribution in [1.29, 1.82) is 0 Å². The van der Waals surface area contributed by atoms with Gasteiger partial charge in [-0.05, 0) is 37.3 Å². The number of nitrogens with one attached hydrogen (secondary N) is 2. The van der Waals surface area contributed by atoms with Crippen molar-refractivity contribution in [2.45, 2.75) is 38.1 Å². The van der Waals surface area contributed by atoms with E-state index in [9.17, 15) is 14.9 Å². The van der Waals surface area contributed by atoms with E-state index in [0.717, 1.165) is 24.8 Å². The number of hydrogen-bond donors (Lipinski definition) is 2. The van der Waals surface area contributed by atoms with Gasteiger partial charge in [0, 0.05) is 24.2 Å². The second-order valence-corrected chi connectivity index (χ2v) is 5.46. The Balaban J connectivity index is 1.93. The molecule has 1 atom stereocenters. The quantitative estimate of drug-likeness (QED) is 0.508. The first-order valence-corrected chi connectivity index (χ1v) is 7.16. The monoisotopic (exact) mass is 287 g/mol. The SMILES string of the molecule is O=C1CCc2cc([N+](=O)[O-])c(NC3CC=CCC3)cc2N1. The summed E-state index contributed by atoms with van der Waals surface area (Å²) in [6, 6.07) is 3.48. The summed E-state index contributed by atoms with van der Waals surface area (Å²) < 4.78 is 0. The van der Waals surface area contributed by atoms with Gasteiger partial charge >= 0.3 is 0 Å². The topological polar surface area (TPSA) is 84.3 Å². The van der Waals surface area contributed by atoms with E-state index in [2.05, 4.69) is 22.8 Å². The third-order valence-corrected chi connectivity index (χ3v) is 3.94. The van der Waals surface area contributed by atoms with Gasteiger partial charge in [-0.15, -0.1) is 0 Å². The maximum atomic E-state index is 11.5. The summed E-state index contributed by atoms with van der Waals surface area (Å²) in [5.74, 6) is -0.0390. The number of nitro groups is 1. The highest BCUT2D eigenvalue weighted by Gasteiger charge is 2.24. The molecule has 3 rings (SSSR count). The van der Waals surface area contributed by atoms with Gasteiger partial charge in [0.1, 0.15) is 5.69 Å². The van der Waals surface area contributed by atoms with Crippen LogP contribution in [0.3, 0.4) is 0 Å². The number of anilines is 2. The number of nitrogens with zero attached hydrogens (tertiary/aromatic N) is 1. The molecule has 1 aromatic carbocycles. The zero-order valence-corrected chi connectivity index (χ0v) is 11.6. The van der Waals surface area contributed by atoms with Crippen LogP contribution in [0.1, 0.15) is 31.2 Å². The molecule has 0 spiro atoms. The molecule has 2 N–H and O–H groups in total. The number of aryl methyl sites for hydroxylation is 1. The third-order valence-electron chi connectivity index (χ3n) is 3.94. The van der Waals surface area contributed by atoms with Crippen LogP contribution in [-0.2, 0) is 11.2 Å². The number of amides is 1. The highest BCUT2D eigenvalue weighted by Crippen LogP contribution is 2.35. The highest BCUT2D eigenvalue weighted by atomic mass is 16.6. The van der Waals surface area contributed by atoms with Crippen LogP contribution in [-0.4, -0.2) is 16.9 Å². The Labute approximate surface area is 122 Å². The van der Waals surface area contributed by atoms with E-state index in [1.807, 2.05) is 0 Å². The fraction of sp³-hybridized carbons (Fsp3) is 0.400. The smallest absolute Gasteiger partial charge is 0.292 e. The fourth-order valence-electron chi connectivity index (χ4n) is 2.83. The number of carbonyl (C=O) groups excluding carboxylic acids is 1. The number of nitro benzene ring substituents is 1. The normalized spacial score (nSPS) is 20.6. The highest BCUT2D eigenvalue weighted by molar-refractivity contribution is 5.95. The molecule has 1 aliphatic heterocycles. The van der Waals surface area contributed by atoms with Gasteiger partial charge in [-0.25, -0.2) is 0 Å². The molecule has 21 heavy (non-hydrogen) atoms. The maximum absolute atomic E-state index is 11.5. The average Bonchev–Trinajstić information content (AvgIpc) is 2.47. The third kappa shape index (κ3) is 2.89. The second kappa shape index (κ2) is 5.55. The van der Waals surface area contributed by atoms with Crippen molar-refractivity contribution >= 4 is 23.0 Å². The summed E-state index contributed by atoms with van der Waals surface area (Å²) in [5, 5.41) is 17.3. The Morgan fingerprint density at radius 3 is 2.86 bits per heavy atom. The molecule has 6 heteroatoms. The van der Waals surface area contributed by atoms with Gasteiger partial charge in [-0.3, -0.25) is 14.9 Å². The number of hydrogen-bond acceptors (Lipinski definition) is 4. The van der Waals surface area contributed by atoms with Crippen LogP contribution in [0.15, 0.2) is 24.3 Å². The van der Waals surface area contributed by atoms with Crippen molar-refractivity contribution in [2.75, 3.05) is 10.6 Å². The molecule has 0 aromatic heterocycles. The molecular weight excluding hydrogens is 270 g/mol. The van der Waals surface area contributed by atoms with Crippen molar-refractivity contribution in [3.63, 3.8) is 0 Å². The summed E-state index contributed by atoms with van der Waals surface area (Å²) >= 11 is 0. The number of fused-ring (bicyclic) bond motifs is 1. The van der Waals surface area contributed by atoms with Gasteiger partial charge in [0.15, 0.2) is 0 Å². The summed E-state index contributed by atoms with van der Waals surface area (Å²) in [4.78, 5) is 22.4. The van der Waals surface area contributed by atoms with E-state index in [1.165, 1.54) is 0 Å². The van der Waals surface area contributed by atoms with Crippen molar-refractivity contribution in [2.24, 2.45) is 0 Å². The molecule has 0 fully saturated rings. The largest absolute Gasteiger partial charge is 0.376 e. The predicted molar refractivity (Wildman–Crippen MR) is 80.4 cm³/mol. The predicted octanol–water partition coefficient (Wildman–Crippen LogP) is 3.00. The lowest BCUT2D eigenvalue weighted by Gasteiger charge is -2.23. The molecule has 1 aromatic rings. The molecule has 1 aliphatic carbocycles. The molecule has 6 nitrogen and oxygen atoms in total. The van der Waals surface area contributed by atoms with Crippen molar-refractivity contribution in [3.8, 4) is 0 Å². The molecule has 1 heterocycles. The Bertz CT molecular complexity index is 625. The van der Waals surface area contributed by atoms with E-state index in [-0.39, 0.29) is 22.6 Å². The van der Waals surface area contributed by atoms with Crippen LogP contribution in [0.5, 0.6) is 0 Å². The van der Waals surface area contributed by atoms with Crippen LogP contribution in [0.25, 0.3) is 0 Å². The fourth-order valence-corrected chi connectivity index (χ4v) is 2.83. The Morgan fingerprint density at radius 2 is 2.14 bits per heavy atom. The van der Waals surface area contributed by atoms with E-state index in [0.29, 0.717) is 24.2 Å². The van der Waals surface area contributed by atoms with Crippen molar-refractivity contribution in [3.05, 3.63) is 40.0 Å². The molecule has 0 bridgehead atoms. The van der Waals surface area contributed by atoms with Crippen LogP contribution < -0.4 is 10.6 Å². The lowest BCUT2D eigenvalue weighted by atomic mass is 9.99. The Morgan fingerprint density at radius 1 is 1.29 bits per heavy atom. The molecule has 0 saturated carbocycles. The van der Waals surface area contributed by atoms with Crippen LogP contribution >= 0.6 is 0 Å². The van der Waals surface area contributed by atoms with Gasteiger partial charge in [-0.1, -0.05) is 12.2 Å². The average molecular weight is 287 g/mol. The lowest BCUT2D eigenvalue weighted by molar-refractivity contribution is -0.384. The number of benzene rings is 1. The number of allylic oxidation sites excluding steroid dienone is 1. The van der Waals surface area contributed by atoms with Gasteiger partial charge in [-0.2, -0.15) is 0 Å². The first-order chi connectivity index (χ1) is 10.1. The minimum atomic E-state index is -0.363. The standard InChI is InChI=1S/C15H17N3O3/c19-15-7-6-10-8-14(18(20)21)13(9-12(10)17-15)16-11-4-2-1-3-5-11/h1-2,8-9,11,16H,3-7H2,(H,17,19). The zero-order chi connectivity index (χ0) is 14.8. The molecule has 110 valence electrons. The first-order valence-electron chi connectivity index (χ1n) is 7.16. The maximum Gasteiger partial charge on any atom is 0.292 e. The molecule has 2 aliphatic rings. The summed E-state index contributed by atoms with van der Waals surface area (Å²) in [6.07, 6.45) is 7.94. The molecular formula is C15H17N3O3. The van der Waals surface area contributed by atoms with Crippen molar-refractivity contribution < 1.29 is 9.72 Å². The zero-order valence-electron chi connectivity index (χ0n) is 11.6. The van der Waals surface area contributed by atoms with E-state index in [1.54, 1.807) is 12.1 Å². The van der Waals surface area contributed by atoms with Gasteiger partial charge in [0.2, 0.25) is 5.91 Å². The number of carbonyl (C=O) groups is 1. The van der Waals surface area contributed by atoms with Crippen LogP contribution in [0, 0.1) is 10.1 Å². The molecule has 1 unspecified atom stereocenters. The first kappa shape index (κ1) is 13.6. The second-order valence-electron chi connectivity index (χ2n) is 5.46. The van der Waals surface area contributed by atoms with Crippen molar-refractivity contribution in [1.82, 2.24) is 0 Å². The van der Waals surface area contributed by atoms with Gasteiger partial charge < -0.3 is 10.6 Å². The van der Waals surface area contributed by atoms with Crippen LogP contribution in [0.2, 0.25) is 0 Å².